The number of aromatic nitrogens is 4. The SMILES string of the molecule is COC(=O)CCC1=C(C)c2cc3[n-]c(cc4nc(cc5[n-]c(cc1n2)c(CCC(=O)OC)c5C)C(/C=C/c1ccccc1)=C4C)cc3C.[Zn+2]. The Labute approximate surface area is 299 Å². The molecule has 0 saturated heterocycles. The number of methoxy groups -OCH3 is 2. The molecule has 49 heavy (non-hydrogen) atoms. The Kier molecular flexibility index (Phi) is 10.9. The number of ether oxygens (including phenoxy) is 2. The minimum atomic E-state index is -0.290. The van der Waals surface area contributed by atoms with Crippen LogP contribution in [0.5, 0.6) is 0 Å². The van der Waals surface area contributed by atoms with Crippen LogP contribution in [-0.4, -0.2) is 36.1 Å². The number of hydrogen-bond donors (Lipinski definition) is 0. The summed E-state index contributed by atoms with van der Waals surface area (Å²) in [6, 6.07) is 20.2. The van der Waals surface area contributed by atoms with E-state index in [0.717, 1.165) is 89.4 Å². The Morgan fingerprint density at radius 1 is 0.694 bits per heavy atom. The van der Waals surface area contributed by atoms with Crippen LogP contribution in [0.4, 0.5) is 0 Å². The van der Waals surface area contributed by atoms with Gasteiger partial charge in [0.25, 0.3) is 0 Å². The molecule has 3 aromatic heterocycles. The minimum absolute atomic E-state index is 0. The van der Waals surface area contributed by atoms with Crippen molar-refractivity contribution in [2.24, 2.45) is 0 Å². The van der Waals surface area contributed by atoms with E-state index in [1.807, 2.05) is 63.2 Å². The zero-order valence-electron chi connectivity index (χ0n) is 28.9. The van der Waals surface area contributed by atoms with E-state index in [1.165, 1.54) is 14.2 Å². The molecule has 0 atom stereocenters. The van der Waals surface area contributed by atoms with Crippen LogP contribution < -0.4 is 9.97 Å². The van der Waals surface area contributed by atoms with E-state index in [9.17, 15) is 9.59 Å². The number of rotatable bonds is 8. The van der Waals surface area contributed by atoms with Gasteiger partial charge >= 0.3 is 31.4 Å². The summed E-state index contributed by atoms with van der Waals surface area (Å²) in [6.45, 7) is 8.17. The van der Waals surface area contributed by atoms with E-state index in [4.69, 9.17) is 29.4 Å². The molecule has 0 unspecified atom stereocenters. The summed E-state index contributed by atoms with van der Waals surface area (Å²) in [5.74, 6) is -0.576. The topological polar surface area (TPSA) is 107 Å². The first-order valence-electron chi connectivity index (χ1n) is 16.0. The fourth-order valence-electron chi connectivity index (χ4n) is 6.18. The molecule has 2 aliphatic rings. The van der Waals surface area contributed by atoms with Crippen LogP contribution >= 0.6 is 0 Å². The normalized spacial score (nSPS) is 12.8. The number of hydrogen-bond acceptors (Lipinski definition) is 6. The second kappa shape index (κ2) is 15.1. The molecule has 6 rings (SSSR count). The molecule has 8 bridgehead atoms. The van der Waals surface area contributed by atoms with Gasteiger partial charge in [-0.05, 0) is 62.8 Å². The van der Waals surface area contributed by atoms with Crippen LogP contribution in [0.3, 0.4) is 0 Å². The van der Waals surface area contributed by atoms with E-state index in [0.29, 0.717) is 12.8 Å². The van der Waals surface area contributed by atoms with Gasteiger partial charge in [-0.1, -0.05) is 89.5 Å². The number of carbonyl (C=O) groups excluding carboxylic acids is 2. The Balaban J connectivity index is 0.00000468. The standard InChI is InChI=1S/C40H38N4O4.Zn/c1-23-18-28-19-33-24(2)29(13-12-27-10-8-7-9-11-27)36(42-33)21-35-26(4)31(15-17-40(46)48-6)38(44-35)22-37-30(14-16-39(45)47-5)25(3)34(43-37)20-32(23)41-28;/h7-13,18-22H,14-17H2,1-6H3;/q-2;+2/b13-12+,28-19?,32-20?,33-19?,34-20?,35-21?,36-21?,37-22?,38-22?;. The van der Waals surface area contributed by atoms with Gasteiger partial charge in [0.1, 0.15) is 0 Å². The maximum Gasteiger partial charge on any atom is 2.00 e. The smallest absolute Gasteiger partial charge is 0.658 e. The first-order chi connectivity index (χ1) is 23.1. The molecule has 244 valence electrons. The number of nitrogens with zero attached hydrogens (tertiary/aromatic N) is 4. The summed E-state index contributed by atoms with van der Waals surface area (Å²) in [7, 11) is 2.79. The van der Waals surface area contributed by atoms with Crippen LogP contribution in [0.1, 0.15) is 78.1 Å². The molecule has 0 saturated carbocycles. The second-order valence-corrected chi connectivity index (χ2v) is 12.1. The summed E-state index contributed by atoms with van der Waals surface area (Å²) < 4.78 is 9.92. The predicted octanol–water partition coefficient (Wildman–Crippen LogP) is 7.82. The third-order valence-corrected chi connectivity index (χ3v) is 9.06. The number of aryl methyl sites for hydroxylation is 3. The van der Waals surface area contributed by atoms with Gasteiger partial charge in [-0.2, -0.15) is 0 Å². The van der Waals surface area contributed by atoms with Gasteiger partial charge in [0.2, 0.25) is 0 Å². The molecular formula is C40H38N4O4Zn. The zero-order valence-corrected chi connectivity index (χ0v) is 31.9. The number of carbonyl (C=O) groups is 2. The maximum absolute atomic E-state index is 12.3. The van der Waals surface area contributed by atoms with Crippen molar-refractivity contribution in [1.29, 1.82) is 0 Å². The van der Waals surface area contributed by atoms with Gasteiger partial charge in [0.05, 0.1) is 37.0 Å². The molecule has 8 nitrogen and oxygen atoms in total. The fraction of sp³-hybridized carbons (Fsp3) is 0.250. The van der Waals surface area contributed by atoms with Crippen LogP contribution in [0.2, 0.25) is 0 Å². The first kappa shape index (κ1) is 35.4. The quantitative estimate of drug-likeness (QED) is 0.135. The van der Waals surface area contributed by atoms with Gasteiger partial charge in [-0.15, -0.1) is 22.1 Å². The Bertz CT molecular complexity index is 2190. The van der Waals surface area contributed by atoms with E-state index < -0.39 is 0 Å². The largest absolute Gasteiger partial charge is 2.00 e. The van der Waals surface area contributed by atoms with Crippen molar-refractivity contribution in [2.75, 3.05) is 14.2 Å². The van der Waals surface area contributed by atoms with Crippen LogP contribution in [0.15, 0.2) is 66.7 Å². The van der Waals surface area contributed by atoms with Gasteiger partial charge in [-0.3, -0.25) is 9.59 Å². The molecule has 5 heterocycles. The molecule has 9 heteroatoms. The number of benzene rings is 1. The number of esters is 2. The van der Waals surface area contributed by atoms with Crippen LogP contribution in [-0.2, 0) is 45.0 Å². The zero-order chi connectivity index (χ0) is 33.9. The molecule has 2 aliphatic heterocycles. The van der Waals surface area contributed by atoms with E-state index in [2.05, 4.69) is 37.3 Å². The Hall–Kier alpha value is -4.88. The molecular weight excluding hydrogens is 666 g/mol. The van der Waals surface area contributed by atoms with Gasteiger partial charge in [0.15, 0.2) is 0 Å². The van der Waals surface area contributed by atoms with Gasteiger partial charge in [0, 0.05) is 18.4 Å². The van der Waals surface area contributed by atoms with Crippen molar-refractivity contribution in [3.63, 3.8) is 0 Å². The maximum atomic E-state index is 12.3. The molecule has 1 aromatic carbocycles. The second-order valence-electron chi connectivity index (χ2n) is 12.1. The van der Waals surface area contributed by atoms with Crippen molar-refractivity contribution in [3.8, 4) is 0 Å². The average molecular weight is 704 g/mol. The van der Waals surface area contributed by atoms with Crippen LogP contribution in [0.25, 0.3) is 50.4 Å². The van der Waals surface area contributed by atoms with Crippen LogP contribution in [0, 0.1) is 13.8 Å². The molecule has 0 radical (unpaired) electrons. The molecule has 0 spiro atoms. The first-order valence-corrected chi connectivity index (χ1v) is 16.0. The van der Waals surface area contributed by atoms with Crippen molar-refractivity contribution in [1.82, 2.24) is 19.9 Å². The monoisotopic (exact) mass is 702 g/mol. The molecule has 4 aromatic rings. The van der Waals surface area contributed by atoms with Crippen molar-refractivity contribution < 1.29 is 38.5 Å². The summed E-state index contributed by atoms with van der Waals surface area (Å²) in [5.41, 5.74) is 14.2. The molecule has 0 aliphatic carbocycles. The summed E-state index contributed by atoms with van der Waals surface area (Å²) in [6.07, 6.45) is 5.55. The average Bonchev–Trinajstić information content (AvgIpc) is 3.76. The van der Waals surface area contributed by atoms with Crippen molar-refractivity contribution >= 4 is 62.4 Å². The summed E-state index contributed by atoms with van der Waals surface area (Å²) in [4.78, 5) is 44.7. The van der Waals surface area contributed by atoms with E-state index >= 15 is 0 Å². The molecule has 0 amide bonds. The van der Waals surface area contributed by atoms with E-state index in [1.54, 1.807) is 0 Å². The molecule has 0 fully saturated rings. The summed E-state index contributed by atoms with van der Waals surface area (Å²) >= 11 is 0. The van der Waals surface area contributed by atoms with Gasteiger partial charge in [-0.25, -0.2) is 9.97 Å². The third kappa shape index (κ3) is 7.57. The third-order valence-electron chi connectivity index (χ3n) is 9.06. The van der Waals surface area contributed by atoms with Crippen molar-refractivity contribution in [2.45, 2.75) is 53.4 Å². The molecule has 0 N–H and O–H groups in total. The minimum Gasteiger partial charge on any atom is -0.658 e. The Morgan fingerprint density at radius 2 is 1.33 bits per heavy atom. The van der Waals surface area contributed by atoms with E-state index in [-0.39, 0.29) is 44.3 Å². The number of fused-ring (bicyclic) bond motifs is 8. The van der Waals surface area contributed by atoms with Crippen molar-refractivity contribution in [3.05, 3.63) is 112 Å². The fourth-order valence-corrected chi connectivity index (χ4v) is 6.18. The number of allylic oxidation sites excluding steroid dienone is 5. The Morgan fingerprint density at radius 3 is 2.04 bits per heavy atom. The predicted molar refractivity (Wildman–Crippen MR) is 190 cm³/mol. The van der Waals surface area contributed by atoms with Gasteiger partial charge < -0.3 is 19.4 Å². The summed E-state index contributed by atoms with van der Waals surface area (Å²) in [5, 5.41) is 0.